The lowest BCUT2D eigenvalue weighted by Crippen LogP contribution is -2.31. The molecule has 4 aromatic heterocycles. The Kier molecular flexibility index (Phi) is 16.4. The van der Waals surface area contributed by atoms with Crippen LogP contribution in [0.5, 0.6) is 0 Å². The summed E-state index contributed by atoms with van der Waals surface area (Å²) < 4.78 is 71.9. The number of hydrogen-bond donors (Lipinski definition) is 0. The fourth-order valence-electron chi connectivity index (χ4n) is 17.1. The van der Waals surface area contributed by atoms with Crippen LogP contribution in [0.3, 0.4) is 0 Å². The van der Waals surface area contributed by atoms with Gasteiger partial charge in [-0.05, 0) is 211 Å². The number of rotatable bonds is 8. The molecule has 4 nitrogen and oxygen atoms in total. The molecule has 8 aromatic carbocycles. The minimum atomic E-state index is -2.40. The van der Waals surface area contributed by atoms with Gasteiger partial charge >= 0.3 is 0 Å². The SMILES string of the molecule is CCc1ccc(-c2cc3c(cc2C)-c2ccccc2C3(C)C)[n+](C)c1.Cc1cc2c(cc1-c1cc(C(C)C)cc[n+]1C)C(C)(C)c1ccccc1-2.[2H]C([2H])([2H])C([2H])(C)c1cc[n+](C)c(-c2cc3c(cc2C)-c2ccccc2C3(C)C)c1.[2H]C([2H])([2H])C([2H])(C)c1ccc(-c2cc3c(cc2C)-c2ccccc2C3(C)C)[n+](C)c1. The van der Waals surface area contributed by atoms with Crippen molar-refractivity contribution in [3.8, 4) is 89.5 Å². The predicted octanol–water partition coefficient (Wildman–Crippen LogP) is 23.1. The molecular weight excluding hydrogens is 1250 g/mol. The Morgan fingerprint density at radius 3 is 0.951 bits per heavy atom. The van der Waals surface area contributed by atoms with E-state index in [1.807, 2.05) is 41.6 Å². The van der Waals surface area contributed by atoms with Crippen LogP contribution in [0.2, 0.25) is 0 Å². The molecule has 4 heteroatoms. The van der Waals surface area contributed by atoms with E-state index in [0.717, 1.165) is 34.5 Å². The molecule has 0 amide bonds. The molecule has 2 unspecified atom stereocenters. The van der Waals surface area contributed by atoms with Gasteiger partial charge in [0.25, 0.3) is 0 Å². The minimum absolute atomic E-state index is 0.0443. The molecule has 0 N–H and O–H groups in total. The van der Waals surface area contributed by atoms with Gasteiger partial charge in [0.15, 0.2) is 24.8 Å². The van der Waals surface area contributed by atoms with Crippen LogP contribution in [-0.2, 0) is 56.3 Å². The van der Waals surface area contributed by atoms with Gasteiger partial charge in [-0.3, -0.25) is 0 Å². The molecule has 12 aromatic rings. The number of pyridine rings is 4. The van der Waals surface area contributed by atoms with Crippen molar-refractivity contribution in [2.45, 2.75) is 177 Å². The second kappa shape index (κ2) is 27.2. The van der Waals surface area contributed by atoms with Gasteiger partial charge in [0.2, 0.25) is 22.8 Å². The normalized spacial score (nSPS) is 16.9. The van der Waals surface area contributed by atoms with Crippen LogP contribution in [0.15, 0.2) is 219 Å². The number of fused-ring (bicyclic) bond motifs is 12. The van der Waals surface area contributed by atoms with E-state index in [9.17, 15) is 0 Å². The number of aryl methyl sites for hydroxylation is 9. The molecule has 103 heavy (non-hydrogen) atoms. The molecular formula is C99H110N4+4. The highest BCUT2D eigenvalue weighted by Gasteiger charge is 2.41. The van der Waals surface area contributed by atoms with Gasteiger partial charge in [-0.15, -0.1) is 0 Å². The fourth-order valence-corrected chi connectivity index (χ4v) is 17.1. The number of benzene rings is 8. The number of hydrogen-bond acceptors (Lipinski definition) is 0. The van der Waals surface area contributed by atoms with E-state index in [1.54, 1.807) is 18.3 Å². The third kappa shape index (κ3) is 12.6. The highest BCUT2D eigenvalue weighted by Crippen LogP contribution is 2.54. The summed E-state index contributed by atoms with van der Waals surface area (Å²) >= 11 is 0. The first kappa shape index (κ1) is 62.0. The zero-order valence-corrected chi connectivity index (χ0v) is 64.9. The lowest BCUT2D eigenvalue weighted by molar-refractivity contribution is -0.661. The van der Waals surface area contributed by atoms with Gasteiger partial charge in [0.1, 0.15) is 28.2 Å². The van der Waals surface area contributed by atoms with Gasteiger partial charge in [0.05, 0.1) is 0 Å². The van der Waals surface area contributed by atoms with E-state index in [1.165, 1.54) is 153 Å². The van der Waals surface area contributed by atoms with Crippen molar-refractivity contribution < 1.29 is 29.2 Å². The summed E-state index contributed by atoms with van der Waals surface area (Å²) in [5.74, 6) is -2.79. The van der Waals surface area contributed by atoms with Crippen LogP contribution in [0, 0.1) is 27.7 Å². The Bertz CT molecular complexity index is 5700. The maximum absolute atomic E-state index is 8.50. The standard InChI is InChI=1S/3C25H28N.C24H26N/c1-16(2)18-11-12-24(26(6)15-18)20-14-23-21(13-17(20)3)19-9-7-8-10-22(19)25(23,4)5;2*1-16(2)18-11-12-26(6)24(14-18)20-15-23-21(13-17(20)3)19-9-7-8-10-22(19)25(23,4)5;1-6-17-11-12-23(25(5)15-17)19-14-22-20(13-16(19)2)18-9-7-8-10-21(18)24(22,3)4/h3*7-16H,1-6H3;7-15H,6H2,1-5H3/q4*+1/i2*1D3,16D;;. The van der Waals surface area contributed by atoms with Crippen LogP contribution in [0.25, 0.3) is 89.5 Å². The van der Waals surface area contributed by atoms with Crippen molar-refractivity contribution >= 4 is 0 Å². The van der Waals surface area contributed by atoms with Gasteiger partial charge in [-0.1, -0.05) is 225 Å². The molecule has 2 atom stereocenters. The van der Waals surface area contributed by atoms with Gasteiger partial charge < -0.3 is 0 Å². The summed E-state index contributed by atoms with van der Waals surface area (Å²) in [6, 6.07) is 70.0. The Labute approximate surface area is 628 Å². The summed E-state index contributed by atoms with van der Waals surface area (Å²) in [5, 5.41) is 0. The molecule has 522 valence electrons. The van der Waals surface area contributed by atoms with Crippen LogP contribution in [0.1, 0.15) is 221 Å². The molecule has 0 fully saturated rings. The van der Waals surface area contributed by atoms with E-state index < -0.39 is 25.5 Å². The Morgan fingerprint density at radius 1 is 0.311 bits per heavy atom. The molecule has 16 rings (SSSR count). The highest BCUT2D eigenvalue weighted by molar-refractivity contribution is 5.88. The first-order valence-electron chi connectivity index (χ1n) is 40.9. The summed E-state index contributed by atoms with van der Waals surface area (Å²) in [7, 11) is 8.18. The van der Waals surface area contributed by atoms with Gasteiger partial charge in [0, 0.05) is 102 Å². The topological polar surface area (TPSA) is 15.5 Å². The van der Waals surface area contributed by atoms with Gasteiger partial charge in [-0.25, -0.2) is 18.3 Å². The molecule has 0 saturated carbocycles. The van der Waals surface area contributed by atoms with Crippen LogP contribution < -0.4 is 18.3 Å². The van der Waals surface area contributed by atoms with Crippen molar-refractivity contribution in [3.63, 3.8) is 0 Å². The quantitative estimate of drug-likeness (QED) is 0.135. The molecule has 4 aliphatic rings. The third-order valence-corrected chi connectivity index (χ3v) is 23.4. The van der Waals surface area contributed by atoms with Crippen molar-refractivity contribution in [2.75, 3.05) is 0 Å². The monoisotopic (exact) mass is 1360 g/mol. The largest absolute Gasteiger partial charge is 0.212 e. The number of nitrogens with zero attached hydrogens (tertiary/aromatic N) is 4. The maximum Gasteiger partial charge on any atom is 0.212 e. The van der Waals surface area contributed by atoms with E-state index >= 15 is 0 Å². The highest BCUT2D eigenvalue weighted by atomic mass is 14.9. The van der Waals surface area contributed by atoms with Gasteiger partial charge in [-0.2, -0.15) is 0 Å². The Balaban J connectivity index is 0.000000130. The second-order valence-corrected chi connectivity index (χ2v) is 32.1. The van der Waals surface area contributed by atoms with E-state index in [2.05, 4.69) is 309 Å². The first-order chi connectivity index (χ1) is 51.9. The summed E-state index contributed by atoms with van der Waals surface area (Å²) in [5.41, 5.74) is 39.8. The predicted molar refractivity (Wildman–Crippen MR) is 433 cm³/mol. The Morgan fingerprint density at radius 2 is 0.621 bits per heavy atom. The van der Waals surface area contributed by atoms with E-state index in [-0.39, 0.29) is 21.7 Å². The van der Waals surface area contributed by atoms with Crippen LogP contribution in [0.4, 0.5) is 0 Å². The Hall–Kier alpha value is -9.64. The average Bonchev–Trinajstić information content (AvgIpc) is 1.59. The molecule has 4 heterocycles. The summed E-state index contributed by atoms with van der Waals surface area (Å²) in [6.45, 7) is 32.0. The number of aromatic nitrogens is 4. The zero-order valence-electron chi connectivity index (χ0n) is 72.9. The van der Waals surface area contributed by atoms with Crippen molar-refractivity contribution in [2.24, 2.45) is 28.2 Å². The van der Waals surface area contributed by atoms with Crippen molar-refractivity contribution in [1.82, 2.24) is 0 Å². The van der Waals surface area contributed by atoms with E-state index in [0.29, 0.717) is 17.0 Å². The lowest BCUT2D eigenvalue weighted by Gasteiger charge is -2.22. The molecule has 4 aliphatic carbocycles. The molecule has 0 aliphatic heterocycles. The van der Waals surface area contributed by atoms with Crippen LogP contribution in [-0.4, -0.2) is 0 Å². The summed E-state index contributed by atoms with van der Waals surface area (Å²) in [4.78, 5) is 0. The molecule has 0 bridgehead atoms. The molecule has 0 radical (unpaired) electrons. The van der Waals surface area contributed by atoms with Crippen molar-refractivity contribution in [3.05, 3.63) is 308 Å². The smallest absolute Gasteiger partial charge is 0.201 e. The second-order valence-electron chi connectivity index (χ2n) is 32.1. The molecule has 0 spiro atoms. The van der Waals surface area contributed by atoms with Crippen molar-refractivity contribution in [1.29, 1.82) is 0 Å². The van der Waals surface area contributed by atoms with E-state index in [4.69, 9.17) is 11.0 Å². The minimum Gasteiger partial charge on any atom is -0.201 e. The average molecular weight is 1360 g/mol. The van der Waals surface area contributed by atoms with Crippen LogP contribution >= 0.6 is 0 Å². The first-order valence-corrected chi connectivity index (χ1v) is 36.9. The maximum atomic E-state index is 8.50. The fraction of sp³-hybridized carbons (Fsp3) is 0.313. The molecule has 0 saturated heterocycles. The lowest BCUT2D eigenvalue weighted by atomic mass is 9.81. The third-order valence-electron chi connectivity index (χ3n) is 23.4. The summed E-state index contributed by atoms with van der Waals surface area (Å²) in [6.07, 6.45) is 9.15. The zero-order chi connectivity index (χ0) is 80.5.